The Bertz CT molecular complexity index is 819. The van der Waals surface area contributed by atoms with Crippen LogP contribution in [0.1, 0.15) is 29.5 Å². The summed E-state index contributed by atoms with van der Waals surface area (Å²) in [7, 11) is 0. The SMILES string of the molecule is O=C(Cc1ccc2c(c1)CCCC2)Nc1cc2c(cc1Br)OCCO2. The quantitative estimate of drug-likeness (QED) is 0.834. The number of fused-ring (bicyclic) bond motifs is 2. The van der Waals surface area contributed by atoms with Gasteiger partial charge in [0, 0.05) is 16.6 Å². The fourth-order valence-corrected chi connectivity index (χ4v) is 3.86. The minimum atomic E-state index is -0.0341. The summed E-state index contributed by atoms with van der Waals surface area (Å²) in [6.07, 6.45) is 5.16. The molecule has 1 aliphatic heterocycles. The van der Waals surface area contributed by atoms with Gasteiger partial charge in [0.2, 0.25) is 5.91 Å². The zero-order valence-corrected chi connectivity index (χ0v) is 15.5. The maximum atomic E-state index is 12.5. The lowest BCUT2D eigenvalue weighted by Crippen LogP contribution is -2.18. The summed E-state index contributed by atoms with van der Waals surface area (Å²) in [6, 6.07) is 10.1. The van der Waals surface area contributed by atoms with Crippen molar-refractivity contribution in [2.75, 3.05) is 18.5 Å². The smallest absolute Gasteiger partial charge is 0.228 e. The van der Waals surface area contributed by atoms with Gasteiger partial charge in [0.25, 0.3) is 0 Å². The van der Waals surface area contributed by atoms with Crippen LogP contribution in [-0.2, 0) is 24.1 Å². The zero-order chi connectivity index (χ0) is 17.2. The molecule has 0 aromatic heterocycles. The molecule has 25 heavy (non-hydrogen) atoms. The average molecular weight is 402 g/mol. The first-order valence-corrected chi connectivity index (χ1v) is 9.48. The predicted octanol–water partition coefficient (Wildman–Crippen LogP) is 4.28. The first-order valence-electron chi connectivity index (χ1n) is 8.69. The number of benzene rings is 2. The topological polar surface area (TPSA) is 47.6 Å². The zero-order valence-electron chi connectivity index (χ0n) is 13.9. The fourth-order valence-electron chi connectivity index (χ4n) is 3.44. The van der Waals surface area contributed by atoms with Gasteiger partial charge in [0.05, 0.1) is 12.1 Å². The standard InChI is InChI=1S/C20H20BrNO3/c21-16-11-18-19(25-8-7-24-18)12-17(16)22-20(23)10-13-5-6-14-3-1-2-4-15(14)9-13/h5-6,9,11-12H,1-4,7-8,10H2,(H,22,23). The maximum absolute atomic E-state index is 12.5. The molecular formula is C20H20BrNO3. The molecule has 2 aromatic rings. The molecule has 2 aromatic carbocycles. The number of halogens is 1. The number of anilines is 1. The highest BCUT2D eigenvalue weighted by molar-refractivity contribution is 9.10. The summed E-state index contributed by atoms with van der Waals surface area (Å²) >= 11 is 3.49. The Balaban J connectivity index is 1.47. The maximum Gasteiger partial charge on any atom is 0.228 e. The van der Waals surface area contributed by atoms with E-state index >= 15 is 0 Å². The summed E-state index contributed by atoms with van der Waals surface area (Å²) in [4.78, 5) is 12.5. The fraction of sp³-hybridized carbons (Fsp3) is 0.350. The lowest BCUT2D eigenvalue weighted by Gasteiger charge is -2.20. The van der Waals surface area contributed by atoms with Crippen LogP contribution in [0.3, 0.4) is 0 Å². The van der Waals surface area contributed by atoms with Gasteiger partial charge >= 0.3 is 0 Å². The summed E-state index contributed by atoms with van der Waals surface area (Å²) in [5.74, 6) is 1.33. The first-order chi connectivity index (χ1) is 12.2. The Morgan fingerprint density at radius 2 is 1.72 bits per heavy atom. The van der Waals surface area contributed by atoms with Crippen molar-refractivity contribution < 1.29 is 14.3 Å². The highest BCUT2D eigenvalue weighted by atomic mass is 79.9. The molecule has 5 heteroatoms. The first kappa shape index (κ1) is 16.5. The molecule has 0 fully saturated rings. The van der Waals surface area contributed by atoms with E-state index in [1.54, 1.807) is 0 Å². The number of hydrogen-bond donors (Lipinski definition) is 1. The highest BCUT2D eigenvalue weighted by Crippen LogP contribution is 2.38. The van der Waals surface area contributed by atoms with Gasteiger partial charge in [0.1, 0.15) is 13.2 Å². The third kappa shape index (κ3) is 3.66. The number of carbonyl (C=O) groups is 1. The van der Waals surface area contributed by atoms with Gasteiger partial charge in [-0.3, -0.25) is 4.79 Å². The van der Waals surface area contributed by atoms with E-state index in [-0.39, 0.29) is 5.91 Å². The molecule has 1 amide bonds. The van der Waals surface area contributed by atoms with E-state index in [1.807, 2.05) is 12.1 Å². The van der Waals surface area contributed by atoms with Gasteiger partial charge in [-0.2, -0.15) is 0 Å². The van der Waals surface area contributed by atoms with Crippen molar-refractivity contribution >= 4 is 27.5 Å². The van der Waals surface area contributed by atoms with E-state index in [1.165, 1.54) is 24.0 Å². The molecule has 0 unspecified atom stereocenters. The minimum absolute atomic E-state index is 0.0341. The largest absolute Gasteiger partial charge is 0.486 e. The molecule has 1 aliphatic carbocycles. The Labute approximate surface area is 155 Å². The number of aryl methyl sites for hydroxylation is 2. The third-order valence-corrected chi connectivity index (χ3v) is 5.34. The Hall–Kier alpha value is -2.01. The Kier molecular flexibility index (Phi) is 4.66. The molecule has 1 N–H and O–H groups in total. The molecule has 130 valence electrons. The number of ether oxygens (including phenoxy) is 2. The molecular weight excluding hydrogens is 382 g/mol. The van der Waals surface area contributed by atoms with Crippen molar-refractivity contribution in [3.05, 3.63) is 51.5 Å². The third-order valence-electron chi connectivity index (χ3n) is 4.68. The van der Waals surface area contributed by atoms with Crippen molar-refractivity contribution in [1.82, 2.24) is 0 Å². The van der Waals surface area contributed by atoms with E-state index in [2.05, 4.69) is 39.4 Å². The van der Waals surface area contributed by atoms with E-state index in [0.29, 0.717) is 36.8 Å². The highest BCUT2D eigenvalue weighted by Gasteiger charge is 2.17. The molecule has 4 rings (SSSR count). The van der Waals surface area contributed by atoms with Crippen LogP contribution in [0.25, 0.3) is 0 Å². The molecule has 0 spiro atoms. The minimum Gasteiger partial charge on any atom is -0.486 e. The van der Waals surface area contributed by atoms with Gasteiger partial charge in [-0.15, -0.1) is 0 Å². The molecule has 1 heterocycles. The summed E-state index contributed by atoms with van der Waals surface area (Å²) < 4.78 is 11.9. The lowest BCUT2D eigenvalue weighted by molar-refractivity contribution is -0.115. The molecule has 4 nitrogen and oxygen atoms in total. The number of hydrogen-bond acceptors (Lipinski definition) is 3. The van der Waals surface area contributed by atoms with Crippen LogP contribution in [0.15, 0.2) is 34.8 Å². The lowest BCUT2D eigenvalue weighted by atomic mass is 9.90. The van der Waals surface area contributed by atoms with Crippen LogP contribution in [0, 0.1) is 0 Å². The van der Waals surface area contributed by atoms with E-state index < -0.39 is 0 Å². The van der Waals surface area contributed by atoms with Crippen molar-refractivity contribution in [2.24, 2.45) is 0 Å². The summed E-state index contributed by atoms with van der Waals surface area (Å²) in [5, 5.41) is 2.97. The Morgan fingerprint density at radius 1 is 1.00 bits per heavy atom. The number of nitrogens with one attached hydrogen (secondary N) is 1. The van der Waals surface area contributed by atoms with Gasteiger partial charge in [-0.25, -0.2) is 0 Å². The van der Waals surface area contributed by atoms with Gasteiger partial charge in [-0.05, 0) is 58.3 Å². The van der Waals surface area contributed by atoms with Crippen LogP contribution in [-0.4, -0.2) is 19.1 Å². The second kappa shape index (κ2) is 7.08. The van der Waals surface area contributed by atoms with Crippen molar-refractivity contribution in [3.8, 4) is 11.5 Å². The Morgan fingerprint density at radius 3 is 2.52 bits per heavy atom. The van der Waals surface area contributed by atoms with Gasteiger partial charge in [0.15, 0.2) is 11.5 Å². The average Bonchev–Trinajstić information content (AvgIpc) is 2.62. The monoisotopic (exact) mass is 401 g/mol. The van der Waals surface area contributed by atoms with E-state index in [4.69, 9.17) is 9.47 Å². The molecule has 0 saturated heterocycles. The molecule has 0 radical (unpaired) electrons. The van der Waals surface area contributed by atoms with Crippen molar-refractivity contribution in [3.63, 3.8) is 0 Å². The number of carbonyl (C=O) groups excluding carboxylic acids is 1. The van der Waals surface area contributed by atoms with E-state index in [9.17, 15) is 4.79 Å². The summed E-state index contributed by atoms with van der Waals surface area (Å²) in [6.45, 7) is 1.07. The molecule has 0 bridgehead atoms. The van der Waals surface area contributed by atoms with Crippen molar-refractivity contribution in [2.45, 2.75) is 32.1 Å². The van der Waals surface area contributed by atoms with Crippen LogP contribution in [0.5, 0.6) is 11.5 Å². The van der Waals surface area contributed by atoms with Crippen LogP contribution in [0.4, 0.5) is 5.69 Å². The second-order valence-electron chi connectivity index (χ2n) is 6.51. The summed E-state index contributed by atoms with van der Waals surface area (Å²) in [5.41, 5.74) is 4.60. The van der Waals surface area contributed by atoms with Crippen LogP contribution < -0.4 is 14.8 Å². The second-order valence-corrected chi connectivity index (χ2v) is 7.37. The van der Waals surface area contributed by atoms with Gasteiger partial charge < -0.3 is 14.8 Å². The normalized spacial score (nSPS) is 15.4. The van der Waals surface area contributed by atoms with Crippen LogP contribution >= 0.6 is 15.9 Å². The van der Waals surface area contributed by atoms with E-state index in [0.717, 1.165) is 22.9 Å². The van der Waals surface area contributed by atoms with Crippen LogP contribution in [0.2, 0.25) is 0 Å². The predicted molar refractivity (Wildman–Crippen MR) is 101 cm³/mol. The van der Waals surface area contributed by atoms with Crippen molar-refractivity contribution in [1.29, 1.82) is 0 Å². The molecule has 0 atom stereocenters. The molecule has 0 saturated carbocycles. The van der Waals surface area contributed by atoms with Gasteiger partial charge in [-0.1, -0.05) is 18.2 Å². The number of amides is 1. The molecule has 2 aliphatic rings. The number of rotatable bonds is 3.